The topological polar surface area (TPSA) is 108 Å². The number of anilines is 2. The van der Waals surface area contributed by atoms with Gasteiger partial charge in [0.1, 0.15) is 12.1 Å². The second-order valence-electron chi connectivity index (χ2n) is 6.39. The lowest BCUT2D eigenvalue weighted by Crippen LogP contribution is -2.48. The normalized spacial score (nSPS) is 16.1. The van der Waals surface area contributed by atoms with E-state index in [0.717, 1.165) is 0 Å². The predicted molar refractivity (Wildman–Crippen MR) is 102 cm³/mol. The first-order chi connectivity index (χ1) is 13.4. The minimum Gasteiger partial charge on any atom is -0.363 e. The van der Waals surface area contributed by atoms with Crippen molar-refractivity contribution in [3.05, 3.63) is 41.9 Å². The Morgan fingerprint density at radius 2 is 1.96 bits per heavy atom. The number of carbonyl (C=O) groups excluding carboxylic acids is 1. The first-order valence-corrected chi connectivity index (χ1v) is 10.4. The monoisotopic (exact) mass is 411 g/mol. The van der Waals surface area contributed by atoms with Gasteiger partial charge >= 0.3 is 6.03 Å². The highest BCUT2D eigenvalue weighted by molar-refractivity contribution is 7.89. The molecular formula is C17H22FN5O4S. The second-order valence-corrected chi connectivity index (χ2v) is 8.65. The summed E-state index contributed by atoms with van der Waals surface area (Å²) in [6.07, 6.45) is 1.32. The Morgan fingerprint density at radius 1 is 1.21 bits per heavy atom. The highest BCUT2D eigenvalue weighted by Crippen LogP contribution is 2.18. The molecule has 1 aliphatic rings. The van der Waals surface area contributed by atoms with Gasteiger partial charge in [0.15, 0.2) is 5.82 Å². The Morgan fingerprint density at radius 3 is 2.61 bits per heavy atom. The molecule has 1 aliphatic heterocycles. The molecule has 152 valence electrons. The Bertz CT molecular complexity index is 912. The number of nitrogens with zero attached hydrogens (tertiary/aromatic N) is 3. The molecule has 2 aromatic rings. The Kier molecular flexibility index (Phi) is 6.27. The van der Waals surface area contributed by atoms with Crippen molar-refractivity contribution in [1.29, 1.82) is 0 Å². The van der Waals surface area contributed by atoms with E-state index in [1.807, 2.05) is 0 Å². The molecule has 0 radical (unpaired) electrons. The fraction of sp³-hybridized carbons (Fsp3) is 0.412. The summed E-state index contributed by atoms with van der Waals surface area (Å²) in [7, 11) is -3.19. The second kappa shape index (κ2) is 8.67. The van der Waals surface area contributed by atoms with Gasteiger partial charge in [-0.25, -0.2) is 17.6 Å². The summed E-state index contributed by atoms with van der Waals surface area (Å²) in [6, 6.07) is 5.21. The molecule has 9 nitrogen and oxygen atoms in total. The average molecular weight is 411 g/mol. The lowest BCUT2D eigenvalue weighted by molar-refractivity contribution is 0.181. The molecule has 28 heavy (non-hydrogen) atoms. The van der Waals surface area contributed by atoms with Crippen molar-refractivity contribution in [2.45, 2.75) is 13.5 Å². The SMILES string of the molecule is CCS(=O)(=O)N1CCN(Cc2cc(F)cc(NC(=O)Nc3ccon3)c2)CC1. The Labute approximate surface area is 162 Å². The van der Waals surface area contributed by atoms with E-state index in [2.05, 4.69) is 25.2 Å². The van der Waals surface area contributed by atoms with E-state index < -0.39 is 21.9 Å². The van der Waals surface area contributed by atoms with Crippen LogP contribution in [0.1, 0.15) is 12.5 Å². The van der Waals surface area contributed by atoms with Gasteiger partial charge in [-0.05, 0) is 30.7 Å². The number of rotatable bonds is 6. The van der Waals surface area contributed by atoms with Gasteiger partial charge in [0, 0.05) is 44.5 Å². The van der Waals surface area contributed by atoms with Crippen LogP contribution in [0.5, 0.6) is 0 Å². The molecule has 2 heterocycles. The number of sulfonamides is 1. The number of urea groups is 1. The molecule has 3 rings (SSSR count). The lowest BCUT2D eigenvalue weighted by atomic mass is 10.1. The van der Waals surface area contributed by atoms with Crippen LogP contribution in [0.2, 0.25) is 0 Å². The minimum atomic E-state index is -3.19. The number of nitrogens with one attached hydrogen (secondary N) is 2. The van der Waals surface area contributed by atoms with Gasteiger partial charge in [0.05, 0.1) is 5.75 Å². The zero-order valence-corrected chi connectivity index (χ0v) is 16.2. The number of hydrogen-bond acceptors (Lipinski definition) is 6. The maximum atomic E-state index is 14.0. The van der Waals surface area contributed by atoms with Crippen LogP contribution in [0.3, 0.4) is 0 Å². The van der Waals surface area contributed by atoms with E-state index in [9.17, 15) is 17.6 Å². The summed E-state index contributed by atoms with van der Waals surface area (Å²) in [5.41, 5.74) is 0.992. The number of benzene rings is 1. The Hall–Kier alpha value is -2.50. The third-order valence-corrected chi connectivity index (χ3v) is 6.27. The van der Waals surface area contributed by atoms with E-state index >= 15 is 0 Å². The Balaban J connectivity index is 1.58. The molecule has 0 spiro atoms. The number of carbonyl (C=O) groups is 1. The van der Waals surface area contributed by atoms with Crippen LogP contribution in [0.25, 0.3) is 0 Å². The maximum Gasteiger partial charge on any atom is 0.324 e. The fourth-order valence-corrected chi connectivity index (χ4v) is 4.06. The molecule has 0 atom stereocenters. The van der Waals surface area contributed by atoms with Crippen molar-refractivity contribution in [3.63, 3.8) is 0 Å². The highest BCUT2D eigenvalue weighted by atomic mass is 32.2. The van der Waals surface area contributed by atoms with Gasteiger partial charge in [-0.3, -0.25) is 10.2 Å². The molecule has 2 amide bonds. The molecule has 11 heteroatoms. The minimum absolute atomic E-state index is 0.0856. The summed E-state index contributed by atoms with van der Waals surface area (Å²) < 4.78 is 43.9. The molecule has 0 bridgehead atoms. The number of piperazine rings is 1. The summed E-state index contributed by atoms with van der Waals surface area (Å²) >= 11 is 0. The molecule has 1 fully saturated rings. The van der Waals surface area contributed by atoms with E-state index in [4.69, 9.17) is 0 Å². The summed E-state index contributed by atoms with van der Waals surface area (Å²) in [4.78, 5) is 14.0. The molecule has 0 aliphatic carbocycles. The van der Waals surface area contributed by atoms with Crippen LogP contribution in [-0.2, 0) is 16.6 Å². The molecule has 1 aromatic heterocycles. The smallest absolute Gasteiger partial charge is 0.324 e. The lowest BCUT2D eigenvalue weighted by Gasteiger charge is -2.33. The molecule has 1 saturated heterocycles. The molecule has 0 unspecified atom stereocenters. The molecule has 1 aromatic carbocycles. The highest BCUT2D eigenvalue weighted by Gasteiger charge is 2.25. The summed E-state index contributed by atoms with van der Waals surface area (Å²) in [5, 5.41) is 8.59. The number of amides is 2. The van der Waals surface area contributed by atoms with Crippen molar-refractivity contribution < 1.29 is 22.1 Å². The molecule has 2 N–H and O–H groups in total. The molecular weight excluding hydrogens is 389 g/mol. The first-order valence-electron chi connectivity index (χ1n) is 8.84. The zero-order valence-electron chi connectivity index (χ0n) is 15.4. The third kappa shape index (κ3) is 5.27. The van der Waals surface area contributed by atoms with Crippen molar-refractivity contribution in [3.8, 4) is 0 Å². The van der Waals surface area contributed by atoms with E-state index in [0.29, 0.717) is 44.0 Å². The van der Waals surface area contributed by atoms with Crippen molar-refractivity contribution >= 4 is 27.6 Å². The van der Waals surface area contributed by atoms with E-state index in [1.165, 1.54) is 28.8 Å². The van der Waals surface area contributed by atoms with Crippen molar-refractivity contribution in [1.82, 2.24) is 14.4 Å². The van der Waals surface area contributed by atoms with Gasteiger partial charge in [-0.2, -0.15) is 4.31 Å². The average Bonchev–Trinajstić information content (AvgIpc) is 3.14. The third-order valence-electron chi connectivity index (χ3n) is 4.39. The van der Waals surface area contributed by atoms with Crippen LogP contribution in [0.4, 0.5) is 20.7 Å². The van der Waals surface area contributed by atoms with Gasteiger partial charge in [0.25, 0.3) is 0 Å². The fourth-order valence-electron chi connectivity index (χ4n) is 2.98. The predicted octanol–water partition coefficient (Wildman–Crippen LogP) is 1.92. The quantitative estimate of drug-likeness (QED) is 0.752. The summed E-state index contributed by atoms with van der Waals surface area (Å²) in [6.45, 7) is 4.03. The van der Waals surface area contributed by atoms with Gasteiger partial charge in [-0.1, -0.05) is 5.16 Å². The van der Waals surface area contributed by atoms with Crippen LogP contribution in [0.15, 0.2) is 35.1 Å². The zero-order chi connectivity index (χ0) is 20.1. The van der Waals surface area contributed by atoms with Crippen LogP contribution in [0, 0.1) is 5.82 Å². The number of halogens is 1. The van der Waals surface area contributed by atoms with Gasteiger partial charge < -0.3 is 9.84 Å². The standard InChI is InChI=1S/C17H22FN5O4S/c1-2-28(25,26)23-6-4-22(5-7-23)12-13-9-14(18)11-15(10-13)19-17(24)20-16-3-8-27-21-16/h3,8-11H,2,4-7,12H2,1H3,(H2,19,20,21,24). The van der Waals surface area contributed by atoms with Crippen molar-refractivity contribution in [2.24, 2.45) is 0 Å². The summed E-state index contributed by atoms with van der Waals surface area (Å²) in [5.74, 6) is -0.141. The van der Waals surface area contributed by atoms with E-state index in [-0.39, 0.29) is 11.6 Å². The molecule has 0 saturated carbocycles. The first kappa shape index (κ1) is 20.2. The largest absolute Gasteiger partial charge is 0.363 e. The number of hydrogen-bond donors (Lipinski definition) is 2. The van der Waals surface area contributed by atoms with E-state index in [1.54, 1.807) is 13.0 Å². The van der Waals surface area contributed by atoms with Crippen LogP contribution >= 0.6 is 0 Å². The van der Waals surface area contributed by atoms with Gasteiger partial charge in [-0.15, -0.1) is 0 Å². The van der Waals surface area contributed by atoms with Crippen LogP contribution in [-0.4, -0.2) is 60.7 Å². The van der Waals surface area contributed by atoms with Crippen LogP contribution < -0.4 is 10.6 Å². The maximum absolute atomic E-state index is 14.0. The van der Waals surface area contributed by atoms with Crippen molar-refractivity contribution in [2.75, 3.05) is 42.6 Å². The number of aromatic nitrogens is 1. The van der Waals surface area contributed by atoms with Gasteiger partial charge in [0.2, 0.25) is 10.0 Å².